The Labute approximate surface area is 125 Å². The van der Waals surface area contributed by atoms with Gasteiger partial charge in [0.1, 0.15) is 5.75 Å². The third-order valence-electron chi connectivity index (χ3n) is 3.24. The van der Waals surface area contributed by atoms with Gasteiger partial charge in [0.2, 0.25) is 0 Å². The van der Waals surface area contributed by atoms with Crippen LogP contribution in [0.1, 0.15) is 5.56 Å². The molecule has 5 nitrogen and oxygen atoms in total. The van der Waals surface area contributed by atoms with Crippen molar-refractivity contribution in [3.05, 3.63) is 52.6 Å². The number of benzene rings is 1. The number of aromatic hydroxyl groups is 1. The number of hydrogen-bond donors (Lipinski definition) is 1. The maximum Gasteiger partial charge on any atom is 0.266 e. The molecule has 0 aliphatic heterocycles. The molecule has 0 aliphatic rings. The van der Waals surface area contributed by atoms with Crippen molar-refractivity contribution in [1.29, 1.82) is 0 Å². The molecule has 3 rings (SSSR count). The fourth-order valence-corrected chi connectivity index (χ4v) is 2.55. The molecule has 0 saturated carbocycles. The molecule has 0 atom stereocenters. The van der Waals surface area contributed by atoms with Crippen LogP contribution in [0.2, 0.25) is 0 Å². The first kappa shape index (κ1) is 13.6. The van der Waals surface area contributed by atoms with Gasteiger partial charge in [-0.25, -0.2) is 9.97 Å². The highest BCUT2D eigenvalue weighted by Gasteiger charge is 2.12. The second-order valence-electron chi connectivity index (χ2n) is 4.59. The van der Waals surface area contributed by atoms with Crippen LogP contribution in [0.25, 0.3) is 16.6 Å². The van der Waals surface area contributed by atoms with Crippen LogP contribution in [0.4, 0.5) is 0 Å². The molecule has 6 heteroatoms. The van der Waals surface area contributed by atoms with Gasteiger partial charge in [0.05, 0.1) is 16.6 Å². The predicted molar refractivity (Wildman–Crippen MR) is 83.3 cm³/mol. The quantitative estimate of drug-likeness (QED) is 0.581. The molecule has 3 aromatic rings. The third kappa shape index (κ3) is 2.27. The Hall–Kier alpha value is -2.34. The van der Waals surface area contributed by atoms with Gasteiger partial charge in [0, 0.05) is 12.4 Å². The molecule has 0 bridgehead atoms. The van der Waals surface area contributed by atoms with Crippen LogP contribution in [0.5, 0.6) is 5.75 Å². The minimum absolute atomic E-state index is 0.0556. The van der Waals surface area contributed by atoms with Gasteiger partial charge in [-0.3, -0.25) is 9.36 Å². The van der Waals surface area contributed by atoms with Crippen LogP contribution >= 0.6 is 11.8 Å². The molecule has 1 N–H and O–H groups in total. The molecular weight excluding hydrogens is 286 g/mol. The molecule has 2 aromatic heterocycles. The summed E-state index contributed by atoms with van der Waals surface area (Å²) in [6.07, 6.45) is 5.12. The van der Waals surface area contributed by atoms with E-state index in [-0.39, 0.29) is 11.3 Å². The topological polar surface area (TPSA) is 68.0 Å². The third-order valence-corrected chi connectivity index (χ3v) is 3.80. The Balaban J connectivity index is 2.35. The monoisotopic (exact) mass is 299 g/mol. The van der Waals surface area contributed by atoms with E-state index in [1.165, 1.54) is 16.3 Å². The number of phenols is 1. The normalized spacial score (nSPS) is 11.0. The van der Waals surface area contributed by atoms with Crippen LogP contribution in [0, 0.1) is 6.92 Å². The van der Waals surface area contributed by atoms with Crippen molar-refractivity contribution >= 4 is 22.7 Å². The number of nitrogens with zero attached hydrogens (tertiary/aromatic N) is 3. The first-order valence-electron chi connectivity index (χ1n) is 6.33. The van der Waals surface area contributed by atoms with E-state index in [4.69, 9.17) is 0 Å². The number of thioether (sulfide) groups is 1. The first-order chi connectivity index (χ1) is 10.1. The molecule has 0 amide bonds. The van der Waals surface area contributed by atoms with Gasteiger partial charge in [-0.05, 0) is 30.9 Å². The van der Waals surface area contributed by atoms with Gasteiger partial charge in [0.25, 0.3) is 5.56 Å². The zero-order valence-corrected chi connectivity index (χ0v) is 12.4. The zero-order chi connectivity index (χ0) is 15.0. The van der Waals surface area contributed by atoms with E-state index >= 15 is 0 Å². The molecule has 0 unspecified atom stereocenters. The highest BCUT2D eigenvalue weighted by molar-refractivity contribution is 7.98. The summed E-state index contributed by atoms with van der Waals surface area (Å²) < 4.78 is 1.43. The van der Waals surface area contributed by atoms with Crippen molar-refractivity contribution in [1.82, 2.24) is 14.5 Å². The fraction of sp³-hybridized carbons (Fsp3) is 0.133. The van der Waals surface area contributed by atoms with E-state index in [2.05, 4.69) is 9.97 Å². The van der Waals surface area contributed by atoms with Gasteiger partial charge in [0.15, 0.2) is 5.16 Å². The summed E-state index contributed by atoms with van der Waals surface area (Å²) in [5, 5.41) is 11.0. The van der Waals surface area contributed by atoms with Crippen molar-refractivity contribution in [3.63, 3.8) is 0 Å². The number of pyridine rings is 1. The molecule has 0 radical (unpaired) electrons. The molecule has 0 aliphatic carbocycles. The second kappa shape index (κ2) is 5.21. The highest BCUT2D eigenvalue weighted by atomic mass is 32.2. The van der Waals surface area contributed by atoms with Gasteiger partial charge in [-0.2, -0.15) is 0 Å². The van der Waals surface area contributed by atoms with E-state index in [1.807, 2.05) is 13.2 Å². The number of hydrogen-bond acceptors (Lipinski definition) is 5. The Bertz CT molecular complexity index is 890. The van der Waals surface area contributed by atoms with E-state index < -0.39 is 0 Å². The minimum Gasteiger partial charge on any atom is -0.506 e. The number of aryl methyl sites for hydroxylation is 1. The number of fused-ring (bicyclic) bond motifs is 1. The van der Waals surface area contributed by atoms with E-state index in [9.17, 15) is 9.90 Å². The summed E-state index contributed by atoms with van der Waals surface area (Å²) in [5.74, 6) is 0.0556. The van der Waals surface area contributed by atoms with Crippen LogP contribution in [0.15, 0.2) is 46.6 Å². The van der Waals surface area contributed by atoms with Gasteiger partial charge < -0.3 is 5.11 Å². The molecule has 21 heavy (non-hydrogen) atoms. The zero-order valence-electron chi connectivity index (χ0n) is 11.6. The van der Waals surface area contributed by atoms with Crippen molar-refractivity contribution in [2.75, 3.05) is 6.26 Å². The average molecular weight is 299 g/mol. The minimum atomic E-state index is -0.246. The molecule has 0 spiro atoms. The largest absolute Gasteiger partial charge is 0.506 e. The lowest BCUT2D eigenvalue weighted by atomic mass is 10.2. The van der Waals surface area contributed by atoms with E-state index in [1.54, 1.807) is 36.7 Å². The summed E-state index contributed by atoms with van der Waals surface area (Å²) in [7, 11) is 0. The maximum atomic E-state index is 12.6. The molecule has 0 fully saturated rings. The lowest BCUT2D eigenvalue weighted by Crippen LogP contribution is -2.19. The van der Waals surface area contributed by atoms with E-state index in [0.717, 1.165) is 5.56 Å². The Kier molecular flexibility index (Phi) is 3.39. The van der Waals surface area contributed by atoms with Gasteiger partial charge in [-0.15, -0.1) is 0 Å². The number of aromatic nitrogens is 3. The lowest BCUT2D eigenvalue weighted by Gasteiger charge is -2.11. The highest BCUT2D eigenvalue weighted by Crippen LogP contribution is 2.22. The van der Waals surface area contributed by atoms with Gasteiger partial charge in [-0.1, -0.05) is 23.9 Å². The fourth-order valence-electron chi connectivity index (χ4n) is 2.21. The molecule has 106 valence electrons. The summed E-state index contributed by atoms with van der Waals surface area (Å²) in [5.41, 5.74) is 1.70. The van der Waals surface area contributed by atoms with Crippen molar-refractivity contribution in [3.8, 4) is 11.4 Å². The Morgan fingerprint density at radius 2 is 2.05 bits per heavy atom. The number of phenolic OH excluding ortho intramolecular Hbond substituents is 1. The second-order valence-corrected chi connectivity index (χ2v) is 5.37. The number of rotatable bonds is 2. The summed E-state index contributed by atoms with van der Waals surface area (Å²) in [4.78, 5) is 21.1. The molecule has 0 saturated heterocycles. The smallest absolute Gasteiger partial charge is 0.266 e. The average Bonchev–Trinajstić information content (AvgIpc) is 2.51. The van der Waals surface area contributed by atoms with E-state index in [0.29, 0.717) is 21.7 Å². The van der Waals surface area contributed by atoms with Gasteiger partial charge >= 0.3 is 0 Å². The SMILES string of the molecule is CSc1ncc2c(=O)n(-c3ccccc3O)cc(C)c2n1. The van der Waals surface area contributed by atoms with Crippen molar-refractivity contribution < 1.29 is 5.11 Å². The summed E-state index contributed by atoms with van der Waals surface area (Å²) in [6.45, 7) is 1.88. The van der Waals surface area contributed by atoms with Crippen LogP contribution in [0.3, 0.4) is 0 Å². The number of para-hydroxylation sites is 2. The van der Waals surface area contributed by atoms with Crippen LogP contribution in [-0.4, -0.2) is 25.9 Å². The molecule has 2 heterocycles. The summed E-state index contributed by atoms with van der Waals surface area (Å²) in [6, 6.07) is 6.73. The van der Waals surface area contributed by atoms with Crippen molar-refractivity contribution in [2.24, 2.45) is 0 Å². The maximum absolute atomic E-state index is 12.6. The first-order valence-corrected chi connectivity index (χ1v) is 7.55. The standard InChI is InChI=1S/C15H13N3O2S/c1-9-8-18(11-5-3-4-6-12(11)19)14(20)10-7-16-15(21-2)17-13(9)10/h3-8,19H,1-2H3. The molecular formula is C15H13N3O2S. The lowest BCUT2D eigenvalue weighted by molar-refractivity contribution is 0.472. The predicted octanol–water partition coefficient (Wildman–Crippen LogP) is 2.52. The Morgan fingerprint density at radius 3 is 2.76 bits per heavy atom. The Morgan fingerprint density at radius 1 is 1.29 bits per heavy atom. The van der Waals surface area contributed by atoms with Crippen LogP contribution < -0.4 is 5.56 Å². The van der Waals surface area contributed by atoms with Crippen LogP contribution in [-0.2, 0) is 0 Å². The molecule has 1 aromatic carbocycles. The van der Waals surface area contributed by atoms with Crippen molar-refractivity contribution in [2.45, 2.75) is 12.1 Å². The summed E-state index contributed by atoms with van der Waals surface area (Å²) >= 11 is 1.43.